The summed E-state index contributed by atoms with van der Waals surface area (Å²) in [5.74, 6) is 1.05. The number of likely N-dealkylation sites (tertiary alicyclic amines) is 1. The van der Waals surface area contributed by atoms with Gasteiger partial charge in [0, 0.05) is 13.0 Å². The molecule has 2 heterocycles. The Morgan fingerprint density at radius 3 is 2.80 bits per heavy atom. The Morgan fingerprint density at radius 2 is 2.08 bits per heavy atom. The normalized spacial score (nSPS) is 16.4. The molecular weight excluding hydrogens is 318 g/mol. The molecule has 1 aliphatic rings. The lowest BCUT2D eigenvalue weighted by molar-refractivity contribution is -0.135. The van der Waals surface area contributed by atoms with Crippen molar-refractivity contribution in [2.24, 2.45) is 0 Å². The predicted molar refractivity (Wildman–Crippen MR) is 92.6 cm³/mol. The number of carbonyl (C=O) groups excluding carboxylic acids is 2. The first kappa shape index (κ1) is 17.1. The SMILES string of the molecule is Cc1nc([C@H](NC(=O)CN2CCCCCC2=O)c2ccccc2)n[nH]1. The minimum atomic E-state index is -0.444. The van der Waals surface area contributed by atoms with Crippen molar-refractivity contribution in [3.8, 4) is 0 Å². The van der Waals surface area contributed by atoms with Crippen molar-refractivity contribution in [1.82, 2.24) is 25.4 Å². The molecule has 7 heteroatoms. The lowest BCUT2D eigenvalue weighted by Crippen LogP contribution is -2.42. The molecule has 0 aliphatic carbocycles. The van der Waals surface area contributed by atoms with Crippen LogP contribution in [0.1, 0.15) is 48.9 Å². The van der Waals surface area contributed by atoms with Gasteiger partial charge in [-0.15, -0.1) is 0 Å². The molecule has 2 N–H and O–H groups in total. The van der Waals surface area contributed by atoms with E-state index in [9.17, 15) is 9.59 Å². The van der Waals surface area contributed by atoms with Crippen LogP contribution in [0.5, 0.6) is 0 Å². The molecule has 1 aromatic carbocycles. The first-order chi connectivity index (χ1) is 12.1. The van der Waals surface area contributed by atoms with E-state index >= 15 is 0 Å². The van der Waals surface area contributed by atoms with Crippen LogP contribution in [0.4, 0.5) is 0 Å². The zero-order valence-electron chi connectivity index (χ0n) is 14.4. The highest BCUT2D eigenvalue weighted by molar-refractivity contribution is 5.85. The van der Waals surface area contributed by atoms with Gasteiger partial charge in [0.05, 0.1) is 6.54 Å². The molecule has 0 radical (unpaired) electrons. The second-order valence-electron chi connectivity index (χ2n) is 6.32. The average molecular weight is 341 g/mol. The summed E-state index contributed by atoms with van der Waals surface area (Å²) in [6.07, 6.45) is 3.41. The van der Waals surface area contributed by atoms with E-state index in [-0.39, 0.29) is 18.4 Å². The van der Waals surface area contributed by atoms with Gasteiger partial charge in [0.1, 0.15) is 11.9 Å². The molecule has 7 nitrogen and oxygen atoms in total. The summed E-state index contributed by atoms with van der Waals surface area (Å²) in [4.78, 5) is 30.7. The minimum Gasteiger partial charge on any atom is -0.340 e. The Balaban J connectivity index is 1.73. The van der Waals surface area contributed by atoms with Crippen molar-refractivity contribution in [2.45, 2.75) is 38.6 Å². The maximum Gasteiger partial charge on any atom is 0.240 e. The van der Waals surface area contributed by atoms with Crippen LogP contribution >= 0.6 is 0 Å². The van der Waals surface area contributed by atoms with Crippen molar-refractivity contribution >= 4 is 11.8 Å². The average Bonchev–Trinajstić information content (AvgIpc) is 2.94. The molecule has 25 heavy (non-hydrogen) atoms. The molecule has 3 rings (SSSR count). The number of benzene rings is 1. The molecule has 1 aromatic heterocycles. The number of H-pyrrole nitrogens is 1. The molecule has 1 fully saturated rings. The van der Waals surface area contributed by atoms with E-state index in [0.717, 1.165) is 24.8 Å². The second-order valence-corrected chi connectivity index (χ2v) is 6.32. The zero-order valence-corrected chi connectivity index (χ0v) is 14.4. The number of aryl methyl sites for hydroxylation is 1. The number of aromatic nitrogens is 3. The second kappa shape index (κ2) is 7.92. The lowest BCUT2D eigenvalue weighted by Gasteiger charge is -2.22. The fourth-order valence-electron chi connectivity index (χ4n) is 3.02. The zero-order chi connectivity index (χ0) is 17.6. The maximum atomic E-state index is 12.6. The minimum absolute atomic E-state index is 0.0534. The van der Waals surface area contributed by atoms with E-state index in [1.807, 2.05) is 37.3 Å². The summed E-state index contributed by atoms with van der Waals surface area (Å²) in [5, 5.41) is 9.98. The number of amides is 2. The summed E-state index contributed by atoms with van der Waals surface area (Å²) < 4.78 is 0. The standard InChI is InChI=1S/C18H23N5O2/c1-13-19-18(22-21-13)17(14-8-4-2-5-9-14)20-15(24)12-23-11-7-3-6-10-16(23)25/h2,4-5,8-9,17H,3,6-7,10-12H2,1H3,(H,20,24)(H,19,21,22)/t17-/m1/s1. The van der Waals surface area contributed by atoms with Gasteiger partial charge in [0.2, 0.25) is 11.8 Å². The monoisotopic (exact) mass is 341 g/mol. The van der Waals surface area contributed by atoms with Crippen molar-refractivity contribution in [3.05, 3.63) is 47.5 Å². The molecule has 1 atom stereocenters. The number of carbonyl (C=O) groups is 2. The topological polar surface area (TPSA) is 91.0 Å². The van der Waals surface area contributed by atoms with Gasteiger partial charge in [-0.25, -0.2) is 4.98 Å². The third kappa shape index (κ3) is 4.43. The van der Waals surface area contributed by atoms with E-state index in [4.69, 9.17) is 0 Å². The van der Waals surface area contributed by atoms with Gasteiger partial charge in [-0.3, -0.25) is 14.7 Å². The predicted octanol–water partition coefficient (Wildman–Crippen LogP) is 1.72. The Hall–Kier alpha value is -2.70. The third-order valence-corrected chi connectivity index (χ3v) is 4.32. The quantitative estimate of drug-likeness (QED) is 0.866. The van der Waals surface area contributed by atoms with Gasteiger partial charge in [0.15, 0.2) is 5.82 Å². The van der Waals surface area contributed by atoms with Crippen LogP contribution in [0, 0.1) is 6.92 Å². The summed E-state index contributed by atoms with van der Waals surface area (Å²) in [7, 11) is 0. The summed E-state index contributed by atoms with van der Waals surface area (Å²) >= 11 is 0. The molecule has 0 spiro atoms. The van der Waals surface area contributed by atoms with Crippen LogP contribution in [0.25, 0.3) is 0 Å². The van der Waals surface area contributed by atoms with Crippen LogP contribution < -0.4 is 5.32 Å². The molecule has 2 aromatic rings. The van der Waals surface area contributed by atoms with Gasteiger partial charge in [-0.1, -0.05) is 36.8 Å². The first-order valence-electron chi connectivity index (χ1n) is 8.64. The third-order valence-electron chi connectivity index (χ3n) is 4.32. The Bertz CT molecular complexity index is 728. The van der Waals surface area contributed by atoms with Crippen molar-refractivity contribution < 1.29 is 9.59 Å². The van der Waals surface area contributed by atoms with Crippen LogP contribution in [-0.2, 0) is 9.59 Å². The molecule has 0 saturated carbocycles. The van der Waals surface area contributed by atoms with Crippen LogP contribution in [0.2, 0.25) is 0 Å². The summed E-state index contributed by atoms with van der Waals surface area (Å²) in [6.45, 7) is 2.53. The van der Waals surface area contributed by atoms with Gasteiger partial charge in [-0.2, -0.15) is 5.10 Å². The molecule has 132 valence electrons. The molecule has 1 saturated heterocycles. The molecule has 0 unspecified atom stereocenters. The first-order valence-corrected chi connectivity index (χ1v) is 8.64. The van der Waals surface area contributed by atoms with E-state index in [1.165, 1.54) is 0 Å². The Labute approximate surface area is 146 Å². The van der Waals surface area contributed by atoms with E-state index < -0.39 is 6.04 Å². The molecule has 0 bridgehead atoms. The van der Waals surface area contributed by atoms with E-state index in [0.29, 0.717) is 24.6 Å². The van der Waals surface area contributed by atoms with Gasteiger partial charge in [-0.05, 0) is 25.3 Å². The van der Waals surface area contributed by atoms with E-state index in [1.54, 1.807) is 4.90 Å². The number of hydrogen-bond donors (Lipinski definition) is 2. The van der Waals surface area contributed by atoms with Gasteiger partial charge in [0.25, 0.3) is 0 Å². The fraction of sp³-hybridized carbons (Fsp3) is 0.444. The number of nitrogens with one attached hydrogen (secondary N) is 2. The highest BCUT2D eigenvalue weighted by atomic mass is 16.2. The number of rotatable bonds is 5. The van der Waals surface area contributed by atoms with Crippen molar-refractivity contribution in [3.63, 3.8) is 0 Å². The summed E-state index contributed by atoms with van der Waals surface area (Å²) in [5.41, 5.74) is 0.900. The number of aromatic amines is 1. The Kier molecular flexibility index (Phi) is 5.42. The number of hydrogen-bond acceptors (Lipinski definition) is 4. The van der Waals surface area contributed by atoms with Crippen LogP contribution in [-0.4, -0.2) is 45.0 Å². The molecule has 2 amide bonds. The van der Waals surface area contributed by atoms with Crippen LogP contribution in [0.3, 0.4) is 0 Å². The van der Waals surface area contributed by atoms with Gasteiger partial charge >= 0.3 is 0 Å². The van der Waals surface area contributed by atoms with Crippen LogP contribution in [0.15, 0.2) is 30.3 Å². The smallest absolute Gasteiger partial charge is 0.240 e. The molecular formula is C18H23N5O2. The van der Waals surface area contributed by atoms with Crippen molar-refractivity contribution in [1.29, 1.82) is 0 Å². The summed E-state index contributed by atoms with van der Waals surface area (Å²) in [6, 6.07) is 9.14. The fourth-order valence-corrected chi connectivity index (χ4v) is 3.02. The van der Waals surface area contributed by atoms with Gasteiger partial charge < -0.3 is 10.2 Å². The van der Waals surface area contributed by atoms with Crippen molar-refractivity contribution in [2.75, 3.05) is 13.1 Å². The maximum absolute atomic E-state index is 12.6. The highest BCUT2D eigenvalue weighted by Gasteiger charge is 2.24. The van der Waals surface area contributed by atoms with E-state index in [2.05, 4.69) is 20.5 Å². The lowest BCUT2D eigenvalue weighted by atomic mass is 10.1. The highest BCUT2D eigenvalue weighted by Crippen LogP contribution is 2.19. The molecule has 1 aliphatic heterocycles. The largest absolute Gasteiger partial charge is 0.340 e. The number of nitrogens with zero attached hydrogens (tertiary/aromatic N) is 3. The Morgan fingerprint density at radius 1 is 1.28 bits per heavy atom.